The fraction of sp³-hybridized carbons (Fsp3) is 0. The summed E-state index contributed by atoms with van der Waals surface area (Å²) in [7, 11) is -2.71. The number of hydrogen-bond donors (Lipinski definition) is 0. The first-order chi connectivity index (χ1) is 15.0. The fourth-order valence-electron chi connectivity index (χ4n) is 3.87. The Hall–Kier alpha value is -3.60. The molecule has 0 aliphatic heterocycles. The topological polar surface area (TPSA) is 86.3 Å². The monoisotopic (exact) mass is 464 g/mol. The van der Waals surface area contributed by atoms with Crippen molar-refractivity contribution in [2.75, 3.05) is 0 Å². The predicted octanol–water partition coefficient (Wildman–Crippen LogP) is 1.13. The summed E-state index contributed by atoms with van der Waals surface area (Å²) in [6.07, 6.45) is 0. The molecule has 160 valence electrons. The van der Waals surface area contributed by atoms with Gasteiger partial charge in [-0.3, -0.25) is 20.2 Å². The highest BCUT2D eigenvalue weighted by atomic mass is 35.5. The summed E-state index contributed by atoms with van der Waals surface area (Å²) in [5, 5.41) is 26.8. The summed E-state index contributed by atoms with van der Waals surface area (Å²) in [5.41, 5.74) is -0.554. The molecule has 0 atom stereocenters. The third-order valence-corrected chi connectivity index (χ3v) is 9.48. The Morgan fingerprint density at radius 2 is 0.969 bits per heavy atom. The van der Waals surface area contributed by atoms with Crippen LogP contribution in [0.4, 0.5) is 11.4 Å². The third-order valence-electron chi connectivity index (χ3n) is 5.16. The first-order valence-corrected chi connectivity index (χ1v) is 11.3. The minimum Gasteiger partial charge on any atom is -1.00 e. The number of nitrogens with zero attached hydrogens (tertiary/aromatic N) is 2. The quantitative estimate of drug-likeness (QED) is 0.243. The molecule has 0 heterocycles. The molecular weight excluding hydrogens is 447 g/mol. The van der Waals surface area contributed by atoms with E-state index in [4.69, 9.17) is 0 Å². The number of non-ortho nitro benzene ring substituents is 1. The highest BCUT2D eigenvalue weighted by Gasteiger charge is 2.52. The van der Waals surface area contributed by atoms with Crippen LogP contribution in [-0.4, -0.2) is 9.85 Å². The van der Waals surface area contributed by atoms with Gasteiger partial charge in [-0.15, -0.1) is 0 Å². The van der Waals surface area contributed by atoms with Crippen molar-refractivity contribution < 1.29 is 22.3 Å². The highest BCUT2D eigenvalue weighted by molar-refractivity contribution is 8.01. The van der Waals surface area contributed by atoms with Crippen molar-refractivity contribution in [3.05, 3.63) is 129 Å². The smallest absolute Gasteiger partial charge is 0.319 e. The zero-order chi connectivity index (χ0) is 21.8. The summed E-state index contributed by atoms with van der Waals surface area (Å²) in [6.45, 7) is 0. The molecule has 6 nitrogen and oxygen atoms in total. The normalized spacial score (nSPS) is 10.8. The van der Waals surface area contributed by atoms with Gasteiger partial charge in [0.1, 0.15) is 15.9 Å². The molecule has 32 heavy (non-hydrogen) atoms. The van der Waals surface area contributed by atoms with Crippen molar-refractivity contribution in [2.24, 2.45) is 0 Å². The van der Waals surface area contributed by atoms with Crippen molar-refractivity contribution in [1.29, 1.82) is 0 Å². The van der Waals surface area contributed by atoms with Gasteiger partial charge >= 0.3 is 5.69 Å². The zero-order valence-electron chi connectivity index (χ0n) is 16.7. The van der Waals surface area contributed by atoms with Gasteiger partial charge in [-0.1, -0.05) is 54.6 Å². The van der Waals surface area contributed by atoms with Crippen LogP contribution in [0.5, 0.6) is 0 Å². The molecule has 0 saturated carbocycles. The number of rotatable bonds is 6. The lowest BCUT2D eigenvalue weighted by molar-refractivity contribution is -0.393. The standard InChI is InChI=1S/C24H18N2O4P.ClH/c27-25(28)19-16-17-24(23(18-19)26(29)30)31(20-10-4-1-5-11-20,21-12-6-2-7-13-21)22-14-8-3-9-15-22;/h1-18H;1H/q+1;/p-1. The highest BCUT2D eigenvalue weighted by Crippen LogP contribution is 2.56. The van der Waals surface area contributed by atoms with Crippen LogP contribution in [-0.2, 0) is 0 Å². The molecule has 0 aliphatic carbocycles. The average molecular weight is 465 g/mol. The predicted molar refractivity (Wildman–Crippen MR) is 125 cm³/mol. The van der Waals surface area contributed by atoms with Gasteiger partial charge in [0.05, 0.1) is 15.9 Å². The lowest BCUT2D eigenvalue weighted by Crippen LogP contribution is -3.00. The summed E-state index contributed by atoms with van der Waals surface area (Å²) in [4.78, 5) is 22.3. The molecule has 4 rings (SSSR count). The second kappa shape index (κ2) is 9.69. The first-order valence-electron chi connectivity index (χ1n) is 9.54. The second-order valence-corrected chi connectivity index (χ2v) is 10.2. The molecule has 0 aliphatic rings. The van der Waals surface area contributed by atoms with Gasteiger partial charge in [-0.2, -0.15) is 0 Å². The van der Waals surface area contributed by atoms with Crippen molar-refractivity contribution in [3.8, 4) is 0 Å². The van der Waals surface area contributed by atoms with Gasteiger partial charge in [0.25, 0.3) is 5.69 Å². The summed E-state index contributed by atoms with van der Waals surface area (Å²) in [6, 6.07) is 33.0. The van der Waals surface area contributed by atoms with E-state index in [1.165, 1.54) is 6.07 Å². The van der Waals surface area contributed by atoms with Crippen LogP contribution in [0.1, 0.15) is 0 Å². The minimum absolute atomic E-state index is 0. The Morgan fingerprint density at radius 1 is 0.562 bits per heavy atom. The van der Waals surface area contributed by atoms with Crippen molar-refractivity contribution in [3.63, 3.8) is 0 Å². The number of halogens is 1. The Morgan fingerprint density at radius 3 is 1.31 bits per heavy atom. The maximum absolute atomic E-state index is 12.1. The molecule has 0 N–H and O–H groups in total. The van der Waals surface area contributed by atoms with Crippen LogP contribution >= 0.6 is 7.26 Å². The molecule has 8 heteroatoms. The van der Waals surface area contributed by atoms with E-state index in [2.05, 4.69) is 0 Å². The van der Waals surface area contributed by atoms with E-state index >= 15 is 0 Å². The molecule has 0 amide bonds. The Bertz CT molecular complexity index is 1140. The molecule has 4 aromatic rings. The van der Waals surface area contributed by atoms with Crippen LogP contribution in [0, 0.1) is 20.2 Å². The van der Waals surface area contributed by atoms with Crippen molar-refractivity contribution in [1.82, 2.24) is 0 Å². The Balaban J connectivity index is 0.00000289. The Labute approximate surface area is 191 Å². The average Bonchev–Trinajstić information content (AvgIpc) is 2.82. The van der Waals surface area contributed by atoms with E-state index in [1.54, 1.807) is 6.07 Å². The van der Waals surface area contributed by atoms with Crippen LogP contribution in [0.25, 0.3) is 0 Å². The minimum atomic E-state index is -2.71. The maximum Gasteiger partial charge on any atom is 0.319 e. The third kappa shape index (κ3) is 3.98. The van der Waals surface area contributed by atoms with E-state index in [1.807, 2.05) is 91.0 Å². The molecule has 0 radical (unpaired) electrons. The van der Waals surface area contributed by atoms with E-state index in [-0.39, 0.29) is 23.8 Å². The molecule has 0 spiro atoms. The van der Waals surface area contributed by atoms with Crippen LogP contribution in [0.3, 0.4) is 0 Å². The molecule has 0 aromatic heterocycles. The van der Waals surface area contributed by atoms with Gasteiger partial charge in [-0.25, -0.2) is 0 Å². The molecule has 4 aromatic carbocycles. The van der Waals surface area contributed by atoms with Crippen molar-refractivity contribution in [2.45, 2.75) is 0 Å². The lowest BCUT2D eigenvalue weighted by atomic mass is 10.3. The lowest BCUT2D eigenvalue weighted by Gasteiger charge is -2.27. The molecule has 0 saturated heterocycles. The Kier molecular flexibility index (Phi) is 6.98. The van der Waals surface area contributed by atoms with Crippen molar-refractivity contribution >= 4 is 39.9 Å². The first kappa shape index (κ1) is 23.1. The maximum atomic E-state index is 12.1. The van der Waals surface area contributed by atoms with Crippen LogP contribution in [0.15, 0.2) is 109 Å². The summed E-state index contributed by atoms with van der Waals surface area (Å²) < 4.78 is 0. The number of nitro groups is 2. The van der Waals surface area contributed by atoms with Gasteiger partial charge < -0.3 is 12.4 Å². The molecular formula is C24H18ClN2O4P. The zero-order valence-corrected chi connectivity index (χ0v) is 18.4. The van der Waals surface area contributed by atoms with Gasteiger partial charge in [-0.05, 0) is 42.5 Å². The molecule has 0 bridgehead atoms. The van der Waals surface area contributed by atoms with Gasteiger partial charge in [0, 0.05) is 6.07 Å². The number of hydrogen-bond acceptors (Lipinski definition) is 4. The van der Waals surface area contributed by atoms with E-state index < -0.39 is 17.1 Å². The SMILES string of the molecule is O=[N+]([O-])c1ccc([P+](c2ccccc2)(c2ccccc2)c2ccccc2)c([N+](=O)[O-])c1.[Cl-]. The van der Waals surface area contributed by atoms with Crippen LogP contribution < -0.4 is 33.6 Å². The molecule has 0 fully saturated rings. The van der Waals surface area contributed by atoms with Crippen LogP contribution in [0.2, 0.25) is 0 Å². The van der Waals surface area contributed by atoms with E-state index in [0.29, 0.717) is 5.30 Å². The number of benzene rings is 4. The summed E-state index contributed by atoms with van der Waals surface area (Å²) >= 11 is 0. The summed E-state index contributed by atoms with van der Waals surface area (Å²) in [5.74, 6) is 0. The second-order valence-electron chi connectivity index (χ2n) is 6.86. The van der Waals surface area contributed by atoms with E-state index in [0.717, 1.165) is 22.0 Å². The molecule has 0 unspecified atom stereocenters. The van der Waals surface area contributed by atoms with E-state index in [9.17, 15) is 20.2 Å². The fourth-order valence-corrected chi connectivity index (χ4v) is 8.25. The van der Waals surface area contributed by atoms with Gasteiger partial charge in [0.15, 0.2) is 12.6 Å². The largest absolute Gasteiger partial charge is 1.00 e. The number of nitro benzene ring substituents is 2. The van der Waals surface area contributed by atoms with Gasteiger partial charge in [0.2, 0.25) is 0 Å².